The number of hydrogen-bond acceptors (Lipinski definition) is 4. The molecule has 0 bridgehead atoms. The summed E-state index contributed by atoms with van der Waals surface area (Å²) in [6.07, 6.45) is 3.32. The van der Waals surface area contributed by atoms with Crippen molar-refractivity contribution in [1.82, 2.24) is 10.2 Å². The fourth-order valence-electron chi connectivity index (χ4n) is 2.54. The number of amides is 1. The van der Waals surface area contributed by atoms with Gasteiger partial charge in [-0.05, 0) is 25.8 Å². The van der Waals surface area contributed by atoms with Crippen LogP contribution in [0.2, 0.25) is 0 Å². The van der Waals surface area contributed by atoms with E-state index in [0.29, 0.717) is 19.0 Å². The highest BCUT2D eigenvalue weighted by atomic mass is 16.5. The van der Waals surface area contributed by atoms with Crippen molar-refractivity contribution < 1.29 is 9.53 Å². The zero-order chi connectivity index (χ0) is 12.3. The highest BCUT2D eigenvalue weighted by molar-refractivity contribution is 5.81. The van der Waals surface area contributed by atoms with E-state index >= 15 is 0 Å². The molecule has 0 spiro atoms. The molecule has 2 aliphatic rings. The molecule has 2 unspecified atom stereocenters. The van der Waals surface area contributed by atoms with Crippen LogP contribution in [0.3, 0.4) is 0 Å². The topological polar surface area (TPSA) is 67.6 Å². The summed E-state index contributed by atoms with van der Waals surface area (Å²) in [5, 5.41) is 2.87. The van der Waals surface area contributed by atoms with Crippen molar-refractivity contribution in [3.63, 3.8) is 0 Å². The molecule has 0 aromatic heterocycles. The van der Waals surface area contributed by atoms with E-state index in [-0.39, 0.29) is 12.0 Å². The van der Waals surface area contributed by atoms with Gasteiger partial charge in [0.15, 0.2) is 0 Å². The monoisotopic (exact) mass is 241 g/mol. The zero-order valence-corrected chi connectivity index (χ0v) is 10.5. The molecule has 3 atom stereocenters. The van der Waals surface area contributed by atoms with Gasteiger partial charge in [-0.2, -0.15) is 0 Å². The van der Waals surface area contributed by atoms with Gasteiger partial charge in [0.05, 0.1) is 18.8 Å². The Kier molecular flexibility index (Phi) is 4.36. The standard InChI is InChI=1S/C12H23N3O2/c1-2-11(13)12(16)14-6-10-7-15-5-3-4-9(15)8-17-10/h9-11H,2-8,13H2,1H3,(H,14,16)/t9?,10?,11-/m1/s1. The van der Waals surface area contributed by atoms with Gasteiger partial charge in [0.1, 0.15) is 0 Å². The lowest BCUT2D eigenvalue weighted by Gasteiger charge is -2.35. The van der Waals surface area contributed by atoms with Crippen LogP contribution in [0, 0.1) is 0 Å². The van der Waals surface area contributed by atoms with E-state index in [0.717, 1.165) is 13.2 Å². The summed E-state index contributed by atoms with van der Waals surface area (Å²) in [5.74, 6) is -0.0698. The number of ether oxygens (including phenoxy) is 1. The van der Waals surface area contributed by atoms with Gasteiger partial charge >= 0.3 is 0 Å². The maximum atomic E-state index is 11.5. The maximum Gasteiger partial charge on any atom is 0.236 e. The first-order valence-corrected chi connectivity index (χ1v) is 6.59. The molecule has 5 heteroatoms. The second-order valence-corrected chi connectivity index (χ2v) is 5.01. The lowest BCUT2D eigenvalue weighted by Crippen LogP contribution is -2.51. The van der Waals surface area contributed by atoms with Gasteiger partial charge in [-0.3, -0.25) is 9.69 Å². The third-order valence-corrected chi connectivity index (χ3v) is 3.74. The molecule has 0 aromatic rings. The van der Waals surface area contributed by atoms with Crippen molar-refractivity contribution in [3.05, 3.63) is 0 Å². The fourth-order valence-corrected chi connectivity index (χ4v) is 2.54. The smallest absolute Gasteiger partial charge is 0.236 e. The Morgan fingerprint density at radius 2 is 2.47 bits per heavy atom. The van der Waals surface area contributed by atoms with E-state index in [1.54, 1.807) is 0 Å². The molecule has 2 aliphatic heterocycles. The Bertz CT molecular complexity index is 272. The predicted octanol–water partition coefficient (Wildman–Crippen LogP) is -0.297. The molecule has 0 aromatic carbocycles. The molecular weight excluding hydrogens is 218 g/mol. The second kappa shape index (κ2) is 5.80. The highest BCUT2D eigenvalue weighted by Gasteiger charge is 2.32. The minimum atomic E-state index is -0.391. The summed E-state index contributed by atoms with van der Waals surface area (Å²) < 4.78 is 5.76. The average Bonchev–Trinajstić information content (AvgIpc) is 2.82. The predicted molar refractivity (Wildman–Crippen MR) is 65.6 cm³/mol. The molecule has 0 radical (unpaired) electrons. The number of rotatable bonds is 4. The lowest BCUT2D eigenvalue weighted by atomic mass is 10.2. The second-order valence-electron chi connectivity index (χ2n) is 5.01. The number of nitrogens with two attached hydrogens (primary N) is 1. The number of carbonyl (C=O) groups excluding carboxylic acids is 1. The summed E-state index contributed by atoms with van der Waals surface area (Å²) in [6.45, 7) is 5.41. The Morgan fingerprint density at radius 3 is 3.24 bits per heavy atom. The molecule has 98 valence electrons. The summed E-state index contributed by atoms with van der Waals surface area (Å²) in [5.41, 5.74) is 5.65. The Labute approximate surface area is 103 Å². The van der Waals surface area contributed by atoms with Crippen LogP contribution >= 0.6 is 0 Å². The van der Waals surface area contributed by atoms with Crippen molar-refractivity contribution in [2.75, 3.05) is 26.2 Å². The minimum absolute atomic E-state index is 0.0698. The van der Waals surface area contributed by atoms with Gasteiger partial charge in [0.2, 0.25) is 5.91 Å². The summed E-state index contributed by atoms with van der Waals surface area (Å²) in [4.78, 5) is 14.0. The van der Waals surface area contributed by atoms with Gasteiger partial charge < -0.3 is 15.8 Å². The molecule has 2 heterocycles. The van der Waals surface area contributed by atoms with E-state index < -0.39 is 6.04 Å². The molecule has 0 saturated carbocycles. The molecular formula is C12H23N3O2. The number of nitrogens with zero attached hydrogens (tertiary/aromatic N) is 1. The molecule has 3 N–H and O–H groups in total. The van der Waals surface area contributed by atoms with Crippen LogP contribution in [0.4, 0.5) is 0 Å². The van der Waals surface area contributed by atoms with E-state index in [2.05, 4.69) is 10.2 Å². The van der Waals surface area contributed by atoms with E-state index in [9.17, 15) is 4.79 Å². The molecule has 1 amide bonds. The first kappa shape index (κ1) is 12.8. The van der Waals surface area contributed by atoms with E-state index in [1.165, 1.54) is 19.4 Å². The SMILES string of the molecule is CC[C@@H](N)C(=O)NCC1CN2CCCC2CO1. The summed E-state index contributed by atoms with van der Waals surface area (Å²) in [6, 6.07) is 0.220. The molecule has 2 fully saturated rings. The number of fused-ring (bicyclic) bond motifs is 1. The average molecular weight is 241 g/mol. The number of morpholine rings is 1. The first-order chi connectivity index (χ1) is 8.20. The first-order valence-electron chi connectivity index (χ1n) is 6.59. The van der Waals surface area contributed by atoms with Crippen molar-refractivity contribution in [2.24, 2.45) is 5.73 Å². The Balaban J connectivity index is 1.71. The quantitative estimate of drug-likeness (QED) is 0.709. The van der Waals surface area contributed by atoms with Gasteiger partial charge in [-0.15, -0.1) is 0 Å². The molecule has 2 saturated heterocycles. The van der Waals surface area contributed by atoms with Gasteiger partial charge in [0.25, 0.3) is 0 Å². The van der Waals surface area contributed by atoms with Crippen molar-refractivity contribution >= 4 is 5.91 Å². The molecule has 5 nitrogen and oxygen atoms in total. The van der Waals surface area contributed by atoms with Crippen molar-refractivity contribution in [2.45, 2.75) is 44.4 Å². The summed E-state index contributed by atoms with van der Waals surface area (Å²) in [7, 11) is 0. The maximum absolute atomic E-state index is 11.5. The van der Waals surface area contributed by atoms with Gasteiger partial charge in [-0.1, -0.05) is 6.92 Å². The van der Waals surface area contributed by atoms with E-state index in [1.807, 2.05) is 6.92 Å². The van der Waals surface area contributed by atoms with Gasteiger partial charge in [0, 0.05) is 19.1 Å². The molecule has 0 aliphatic carbocycles. The Morgan fingerprint density at radius 1 is 1.65 bits per heavy atom. The van der Waals surface area contributed by atoms with Crippen LogP contribution in [0.5, 0.6) is 0 Å². The van der Waals surface area contributed by atoms with Crippen LogP contribution in [0.25, 0.3) is 0 Å². The summed E-state index contributed by atoms with van der Waals surface area (Å²) >= 11 is 0. The van der Waals surface area contributed by atoms with Gasteiger partial charge in [-0.25, -0.2) is 0 Å². The Hall–Kier alpha value is -0.650. The lowest BCUT2D eigenvalue weighted by molar-refractivity contribution is -0.123. The van der Waals surface area contributed by atoms with Crippen LogP contribution in [0.15, 0.2) is 0 Å². The van der Waals surface area contributed by atoms with Crippen molar-refractivity contribution in [3.8, 4) is 0 Å². The molecule has 17 heavy (non-hydrogen) atoms. The van der Waals surface area contributed by atoms with E-state index in [4.69, 9.17) is 10.5 Å². The number of carbonyl (C=O) groups is 1. The minimum Gasteiger partial charge on any atom is -0.373 e. The third-order valence-electron chi connectivity index (χ3n) is 3.74. The number of nitrogens with one attached hydrogen (secondary N) is 1. The van der Waals surface area contributed by atoms with Crippen LogP contribution in [0.1, 0.15) is 26.2 Å². The van der Waals surface area contributed by atoms with Crippen molar-refractivity contribution in [1.29, 1.82) is 0 Å². The van der Waals surface area contributed by atoms with Crippen LogP contribution in [-0.4, -0.2) is 55.2 Å². The highest BCUT2D eigenvalue weighted by Crippen LogP contribution is 2.22. The number of hydrogen-bond donors (Lipinski definition) is 2. The van der Waals surface area contributed by atoms with Crippen LogP contribution < -0.4 is 11.1 Å². The third kappa shape index (κ3) is 3.18. The zero-order valence-electron chi connectivity index (χ0n) is 10.5. The molecule has 2 rings (SSSR count). The normalized spacial score (nSPS) is 30.9. The largest absolute Gasteiger partial charge is 0.373 e. The van der Waals surface area contributed by atoms with Crippen LogP contribution in [-0.2, 0) is 9.53 Å². The fraction of sp³-hybridized carbons (Fsp3) is 0.917.